The molecule has 37 heavy (non-hydrogen) atoms. The maximum atomic E-state index is 14.0. The second kappa shape index (κ2) is 9.87. The minimum Gasteiger partial charge on any atom is -0.465 e. The van der Waals surface area contributed by atoms with Gasteiger partial charge >= 0.3 is 5.97 Å². The molecule has 7 nitrogen and oxygen atoms in total. The van der Waals surface area contributed by atoms with Crippen LogP contribution in [0.3, 0.4) is 0 Å². The first-order valence-electron chi connectivity index (χ1n) is 11.7. The van der Waals surface area contributed by atoms with Gasteiger partial charge in [-0.15, -0.1) is 0 Å². The summed E-state index contributed by atoms with van der Waals surface area (Å²) in [5.41, 5.74) is 2.19. The molecule has 0 aromatic heterocycles. The number of esters is 1. The molecule has 10 heteroatoms. The third kappa shape index (κ3) is 4.48. The zero-order valence-electron chi connectivity index (χ0n) is 20.0. The van der Waals surface area contributed by atoms with Crippen LogP contribution in [0.1, 0.15) is 34.3 Å². The van der Waals surface area contributed by atoms with E-state index in [1.165, 1.54) is 17.5 Å². The first kappa shape index (κ1) is 25.9. The maximum Gasteiger partial charge on any atom is 0.337 e. The second-order valence-corrected chi connectivity index (χ2v) is 12.4. The van der Waals surface area contributed by atoms with Gasteiger partial charge in [0, 0.05) is 23.2 Å². The lowest BCUT2D eigenvalue weighted by atomic mass is 9.74. The normalized spacial score (nSPS) is 17.2. The van der Waals surface area contributed by atoms with Gasteiger partial charge in [0.2, 0.25) is 15.9 Å². The second-order valence-electron chi connectivity index (χ2n) is 9.16. The van der Waals surface area contributed by atoms with Crippen molar-refractivity contribution in [2.45, 2.75) is 29.7 Å². The molecule has 0 radical (unpaired) electrons. The molecular formula is C27H24BrClN2O5S. The van der Waals surface area contributed by atoms with Crippen molar-refractivity contribution in [3.05, 3.63) is 92.9 Å². The van der Waals surface area contributed by atoms with Crippen LogP contribution in [0.25, 0.3) is 0 Å². The lowest BCUT2D eigenvalue weighted by Crippen LogP contribution is -2.50. The van der Waals surface area contributed by atoms with E-state index in [9.17, 15) is 18.0 Å². The molecule has 1 saturated heterocycles. The van der Waals surface area contributed by atoms with Crippen LogP contribution < -0.4 is 4.90 Å². The van der Waals surface area contributed by atoms with Gasteiger partial charge in [0.1, 0.15) is 4.90 Å². The topological polar surface area (TPSA) is 84.0 Å². The minimum atomic E-state index is -3.79. The Bertz CT molecular complexity index is 1480. The molecule has 0 saturated carbocycles. The van der Waals surface area contributed by atoms with E-state index >= 15 is 0 Å². The molecule has 1 amide bonds. The van der Waals surface area contributed by atoms with E-state index in [0.29, 0.717) is 24.9 Å². The standard InChI is InChI=1S/C27H24BrClN2O5S/c1-36-25(32)19-8-6-18(7-9-19)17-31-23-11-10-20(28)16-21(23)27(26(31)33)12-14-30(15-13-27)37(34,35)24-5-3-2-4-22(24)29/h2-11,16H,12-15,17H2,1H3. The number of anilines is 1. The predicted octanol–water partition coefficient (Wildman–Crippen LogP) is 5.16. The van der Waals surface area contributed by atoms with Crippen LogP contribution in [0.2, 0.25) is 5.02 Å². The lowest BCUT2D eigenvalue weighted by Gasteiger charge is -2.38. The molecule has 1 fully saturated rings. The summed E-state index contributed by atoms with van der Waals surface area (Å²) in [6.07, 6.45) is 0.716. The average molecular weight is 604 g/mol. The highest BCUT2D eigenvalue weighted by atomic mass is 79.9. The average Bonchev–Trinajstić information content (AvgIpc) is 3.11. The molecular weight excluding hydrogens is 580 g/mol. The molecule has 0 bridgehead atoms. The first-order chi connectivity index (χ1) is 17.7. The van der Waals surface area contributed by atoms with Gasteiger partial charge in [-0.05, 0) is 66.4 Å². The number of nitrogens with zero attached hydrogens (tertiary/aromatic N) is 2. The molecule has 192 valence electrons. The minimum absolute atomic E-state index is 0.0487. The molecule has 0 N–H and O–H groups in total. The summed E-state index contributed by atoms with van der Waals surface area (Å²) in [5.74, 6) is -0.469. The molecule has 2 aliphatic heterocycles. The Morgan fingerprint density at radius 1 is 1.05 bits per heavy atom. The number of piperidine rings is 1. The number of hydrogen-bond acceptors (Lipinski definition) is 5. The largest absolute Gasteiger partial charge is 0.465 e. The number of carbonyl (C=O) groups excluding carboxylic acids is 2. The summed E-state index contributed by atoms with van der Waals surface area (Å²) in [4.78, 5) is 27.6. The Labute approximate surface area is 229 Å². The number of ether oxygens (including phenoxy) is 1. The van der Waals surface area contributed by atoms with Crippen molar-refractivity contribution >= 4 is 55.1 Å². The monoisotopic (exact) mass is 602 g/mol. The van der Waals surface area contributed by atoms with Gasteiger partial charge in [0.15, 0.2) is 0 Å². The van der Waals surface area contributed by atoms with Crippen molar-refractivity contribution in [1.29, 1.82) is 0 Å². The highest BCUT2D eigenvalue weighted by Gasteiger charge is 2.53. The number of fused-ring (bicyclic) bond motifs is 2. The van der Waals surface area contributed by atoms with Crippen molar-refractivity contribution < 1.29 is 22.7 Å². The van der Waals surface area contributed by atoms with Crippen molar-refractivity contribution in [2.75, 3.05) is 25.1 Å². The van der Waals surface area contributed by atoms with Crippen LogP contribution in [-0.2, 0) is 31.5 Å². The molecule has 0 atom stereocenters. The first-order valence-corrected chi connectivity index (χ1v) is 14.3. The molecule has 3 aromatic rings. The van der Waals surface area contributed by atoms with Crippen LogP contribution >= 0.6 is 27.5 Å². The van der Waals surface area contributed by atoms with E-state index in [-0.39, 0.29) is 28.9 Å². The van der Waals surface area contributed by atoms with Gasteiger partial charge in [-0.2, -0.15) is 4.31 Å². The van der Waals surface area contributed by atoms with Gasteiger partial charge in [0.05, 0.1) is 29.7 Å². The van der Waals surface area contributed by atoms with Gasteiger partial charge in [0.25, 0.3) is 0 Å². The van der Waals surface area contributed by atoms with Crippen LogP contribution in [0.5, 0.6) is 0 Å². The molecule has 0 unspecified atom stereocenters. The third-order valence-electron chi connectivity index (χ3n) is 7.17. The van der Waals surface area contributed by atoms with E-state index in [1.54, 1.807) is 35.2 Å². The van der Waals surface area contributed by atoms with Crippen molar-refractivity contribution in [1.82, 2.24) is 4.31 Å². The predicted molar refractivity (Wildman–Crippen MR) is 144 cm³/mol. The van der Waals surface area contributed by atoms with Gasteiger partial charge in [-0.3, -0.25) is 4.79 Å². The van der Waals surface area contributed by atoms with E-state index in [4.69, 9.17) is 16.3 Å². The molecule has 2 heterocycles. The third-order valence-corrected chi connectivity index (χ3v) is 10.1. The maximum absolute atomic E-state index is 14.0. The Kier molecular flexibility index (Phi) is 6.91. The summed E-state index contributed by atoms with van der Waals surface area (Å²) >= 11 is 9.73. The smallest absolute Gasteiger partial charge is 0.337 e. The number of sulfonamides is 1. The molecule has 3 aromatic carbocycles. The summed E-state index contributed by atoms with van der Waals surface area (Å²) in [6, 6.07) is 19.2. The number of benzene rings is 3. The number of methoxy groups -OCH3 is 1. The fourth-order valence-electron chi connectivity index (χ4n) is 5.20. The summed E-state index contributed by atoms with van der Waals surface area (Å²) < 4.78 is 33.6. The van der Waals surface area contributed by atoms with E-state index in [2.05, 4.69) is 15.9 Å². The molecule has 2 aliphatic rings. The highest BCUT2D eigenvalue weighted by molar-refractivity contribution is 9.10. The van der Waals surface area contributed by atoms with Crippen molar-refractivity contribution in [3.8, 4) is 0 Å². The number of hydrogen-bond donors (Lipinski definition) is 0. The molecule has 1 spiro atoms. The van der Waals surface area contributed by atoms with E-state index in [0.717, 1.165) is 21.3 Å². The van der Waals surface area contributed by atoms with Gasteiger partial charge < -0.3 is 9.64 Å². The SMILES string of the molecule is COC(=O)c1ccc(CN2C(=O)C3(CCN(S(=O)(=O)c4ccccc4Cl)CC3)c3cc(Br)ccc32)cc1. The van der Waals surface area contributed by atoms with Gasteiger partial charge in [-0.1, -0.05) is 51.8 Å². The Balaban J connectivity index is 1.43. The van der Waals surface area contributed by atoms with Crippen LogP contribution in [-0.4, -0.2) is 44.8 Å². The highest BCUT2D eigenvalue weighted by Crippen LogP contribution is 2.50. The fraction of sp³-hybridized carbons (Fsp3) is 0.259. The number of halogens is 2. The zero-order valence-corrected chi connectivity index (χ0v) is 23.1. The van der Waals surface area contributed by atoms with Gasteiger partial charge in [-0.25, -0.2) is 13.2 Å². The number of rotatable bonds is 5. The number of carbonyl (C=O) groups is 2. The van der Waals surface area contributed by atoms with Crippen LogP contribution in [0, 0.1) is 0 Å². The Morgan fingerprint density at radius 2 is 1.73 bits per heavy atom. The van der Waals surface area contributed by atoms with Crippen molar-refractivity contribution in [3.63, 3.8) is 0 Å². The fourth-order valence-corrected chi connectivity index (χ4v) is 7.49. The lowest BCUT2D eigenvalue weighted by molar-refractivity contribution is -0.124. The summed E-state index contributed by atoms with van der Waals surface area (Å²) in [5, 5.41) is 0.179. The summed E-state index contributed by atoms with van der Waals surface area (Å²) in [6.45, 7) is 0.734. The van der Waals surface area contributed by atoms with E-state index in [1.807, 2.05) is 30.3 Å². The quantitative estimate of drug-likeness (QED) is 0.377. The Morgan fingerprint density at radius 3 is 2.38 bits per heavy atom. The zero-order chi connectivity index (χ0) is 26.4. The van der Waals surface area contributed by atoms with Crippen LogP contribution in [0.15, 0.2) is 76.1 Å². The molecule has 5 rings (SSSR count). The van der Waals surface area contributed by atoms with Crippen molar-refractivity contribution in [2.24, 2.45) is 0 Å². The Hall–Kier alpha value is -2.72. The number of amides is 1. The molecule has 0 aliphatic carbocycles. The summed E-state index contributed by atoms with van der Waals surface area (Å²) in [7, 11) is -2.46. The van der Waals surface area contributed by atoms with E-state index < -0.39 is 21.4 Å². The van der Waals surface area contributed by atoms with Crippen LogP contribution in [0.4, 0.5) is 5.69 Å².